The quantitative estimate of drug-likeness (QED) is 0.798. The first-order valence-corrected chi connectivity index (χ1v) is 5.13. The van der Waals surface area contributed by atoms with Crippen molar-refractivity contribution >= 4 is 12.3 Å². The average molecular weight is 221 g/mol. The molecule has 2 rings (SSSR count). The van der Waals surface area contributed by atoms with Gasteiger partial charge in [-0.1, -0.05) is 25.3 Å². The van der Waals surface area contributed by atoms with E-state index in [1.54, 1.807) is 30.6 Å². The fraction of sp³-hybridized carbons (Fsp3) is 0. The van der Waals surface area contributed by atoms with Crippen LogP contribution in [0.25, 0.3) is 23.5 Å². The van der Waals surface area contributed by atoms with Crippen LogP contribution in [0.4, 0.5) is 0 Å². The zero-order chi connectivity index (χ0) is 12.3. The topological polar surface area (TPSA) is 41.6 Å². The number of hydrogen-bond donors (Lipinski definition) is 0. The second-order valence-electron chi connectivity index (χ2n) is 3.45. The van der Waals surface area contributed by atoms with Crippen LogP contribution in [0.2, 0.25) is 0 Å². The van der Waals surface area contributed by atoms with E-state index in [2.05, 4.69) is 24.2 Å². The predicted octanol–water partition coefficient (Wildman–Crippen LogP) is 3.17. The highest BCUT2D eigenvalue weighted by molar-refractivity contribution is 5.65. The Morgan fingerprint density at radius 2 is 1.94 bits per heavy atom. The molecule has 0 saturated heterocycles. The van der Waals surface area contributed by atoms with Gasteiger partial charge in [0.2, 0.25) is 0 Å². The van der Waals surface area contributed by atoms with Gasteiger partial charge in [0.1, 0.15) is 5.82 Å². The van der Waals surface area contributed by atoms with Crippen LogP contribution in [0.1, 0.15) is 11.4 Å². The van der Waals surface area contributed by atoms with Crippen molar-refractivity contribution in [1.82, 2.24) is 9.55 Å². The van der Waals surface area contributed by atoms with Crippen LogP contribution < -0.4 is 0 Å². The number of nitrogens with zero attached hydrogens (tertiary/aromatic N) is 3. The van der Waals surface area contributed by atoms with Gasteiger partial charge in [0.25, 0.3) is 0 Å². The molecule has 0 aliphatic carbocycles. The molecule has 0 atom stereocenters. The molecule has 1 heterocycles. The summed E-state index contributed by atoms with van der Waals surface area (Å²) in [5.74, 6) is 0.749. The molecular formula is C14H11N3. The minimum Gasteiger partial charge on any atom is -0.300 e. The van der Waals surface area contributed by atoms with Gasteiger partial charge in [-0.15, -0.1) is 0 Å². The average Bonchev–Trinajstić information content (AvgIpc) is 2.81. The van der Waals surface area contributed by atoms with E-state index in [1.807, 2.05) is 16.7 Å². The van der Waals surface area contributed by atoms with Crippen molar-refractivity contribution in [2.75, 3.05) is 0 Å². The maximum atomic E-state index is 8.74. The van der Waals surface area contributed by atoms with Crippen molar-refractivity contribution in [3.8, 4) is 17.3 Å². The molecule has 3 nitrogen and oxygen atoms in total. The Morgan fingerprint density at radius 3 is 2.47 bits per heavy atom. The van der Waals surface area contributed by atoms with Gasteiger partial charge >= 0.3 is 0 Å². The standard InChI is InChI=1S/C14H11N3/c1-3-14-16-10-13(17(14)4-2)12-7-5-11(9-15)6-8-12/h3-8,10H,1-2H2. The monoisotopic (exact) mass is 221 g/mol. The lowest BCUT2D eigenvalue weighted by molar-refractivity contribution is 1.11. The third-order valence-corrected chi connectivity index (χ3v) is 2.50. The highest BCUT2D eigenvalue weighted by Gasteiger charge is 2.07. The Labute approximate surface area is 100.0 Å². The molecule has 0 fully saturated rings. The Bertz CT molecular complexity index is 597. The van der Waals surface area contributed by atoms with Gasteiger partial charge in [0.15, 0.2) is 0 Å². The molecule has 0 spiro atoms. The molecule has 0 aliphatic heterocycles. The highest BCUT2D eigenvalue weighted by atomic mass is 15.1. The lowest BCUT2D eigenvalue weighted by atomic mass is 10.1. The van der Waals surface area contributed by atoms with Gasteiger partial charge in [0.05, 0.1) is 23.5 Å². The highest BCUT2D eigenvalue weighted by Crippen LogP contribution is 2.22. The fourth-order valence-electron chi connectivity index (χ4n) is 1.65. The molecule has 1 aromatic heterocycles. The summed E-state index contributed by atoms with van der Waals surface area (Å²) in [6.07, 6.45) is 5.13. The second-order valence-corrected chi connectivity index (χ2v) is 3.45. The minimum absolute atomic E-state index is 0.641. The van der Waals surface area contributed by atoms with E-state index in [4.69, 9.17) is 5.26 Å². The predicted molar refractivity (Wildman–Crippen MR) is 68.9 cm³/mol. The normalized spacial score (nSPS) is 9.59. The molecule has 0 unspecified atom stereocenters. The number of benzene rings is 1. The van der Waals surface area contributed by atoms with Crippen molar-refractivity contribution < 1.29 is 0 Å². The molecule has 3 heteroatoms. The van der Waals surface area contributed by atoms with E-state index < -0.39 is 0 Å². The van der Waals surface area contributed by atoms with Crippen molar-refractivity contribution in [3.05, 3.63) is 55.0 Å². The van der Waals surface area contributed by atoms with E-state index >= 15 is 0 Å². The molecule has 0 N–H and O–H groups in total. The number of hydrogen-bond acceptors (Lipinski definition) is 2. The molecule has 0 amide bonds. The fourth-order valence-corrected chi connectivity index (χ4v) is 1.65. The van der Waals surface area contributed by atoms with E-state index in [0.717, 1.165) is 17.1 Å². The largest absolute Gasteiger partial charge is 0.300 e. The number of aromatic nitrogens is 2. The third kappa shape index (κ3) is 1.88. The Balaban J connectivity index is 2.53. The lowest BCUT2D eigenvalue weighted by Gasteiger charge is -2.04. The summed E-state index contributed by atoms with van der Waals surface area (Å²) in [7, 11) is 0. The van der Waals surface area contributed by atoms with Crippen molar-refractivity contribution in [2.24, 2.45) is 0 Å². The summed E-state index contributed by atoms with van der Waals surface area (Å²) in [4.78, 5) is 4.23. The van der Waals surface area contributed by atoms with Crippen LogP contribution in [0, 0.1) is 11.3 Å². The minimum atomic E-state index is 0.641. The van der Waals surface area contributed by atoms with Crippen molar-refractivity contribution in [1.29, 1.82) is 5.26 Å². The molecule has 2 aromatic rings. The number of nitriles is 1. The molecule has 0 radical (unpaired) electrons. The van der Waals surface area contributed by atoms with Gasteiger partial charge in [-0.25, -0.2) is 4.98 Å². The van der Waals surface area contributed by atoms with E-state index in [1.165, 1.54) is 0 Å². The van der Waals surface area contributed by atoms with E-state index in [0.29, 0.717) is 5.56 Å². The molecule has 0 bridgehead atoms. The molecule has 0 aliphatic rings. The molecular weight excluding hydrogens is 210 g/mol. The maximum Gasteiger partial charge on any atom is 0.136 e. The first kappa shape index (κ1) is 10.9. The molecule has 82 valence electrons. The maximum absolute atomic E-state index is 8.74. The Morgan fingerprint density at radius 1 is 1.24 bits per heavy atom. The summed E-state index contributed by atoms with van der Waals surface area (Å²) < 4.78 is 1.86. The van der Waals surface area contributed by atoms with Crippen LogP contribution in [-0.4, -0.2) is 9.55 Å². The summed E-state index contributed by atoms with van der Waals surface area (Å²) in [6, 6.07) is 9.44. The summed E-state index contributed by atoms with van der Waals surface area (Å²) in [5, 5.41) is 8.74. The van der Waals surface area contributed by atoms with Gasteiger partial charge in [-0.3, -0.25) is 0 Å². The molecule has 1 aromatic carbocycles. The number of rotatable bonds is 3. The zero-order valence-electron chi connectivity index (χ0n) is 9.30. The van der Waals surface area contributed by atoms with Gasteiger partial charge in [0, 0.05) is 11.8 Å². The van der Waals surface area contributed by atoms with Gasteiger partial charge in [-0.2, -0.15) is 5.26 Å². The summed E-state index contributed by atoms with van der Waals surface area (Å²) in [6.45, 7) is 7.45. The van der Waals surface area contributed by atoms with Gasteiger partial charge in [-0.05, 0) is 18.2 Å². The smallest absolute Gasteiger partial charge is 0.136 e. The van der Waals surface area contributed by atoms with Crippen LogP contribution in [-0.2, 0) is 0 Å². The molecule has 17 heavy (non-hydrogen) atoms. The van der Waals surface area contributed by atoms with Crippen LogP contribution in [0.3, 0.4) is 0 Å². The first-order chi connectivity index (χ1) is 8.30. The van der Waals surface area contributed by atoms with Crippen molar-refractivity contribution in [2.45, 2.75) is 0 Å². The first-order valence-electron chi connectivity index (χ1n) is 5.13. The lowest BCUT2D eigenvalue weighted by Crippen LogP contribution is -1.92. The SMILES string of the molecule is C=Cc1ncc(-c2ccc(C#N)cc2)n1C=C. The Kier molecular flexibility index (Phi) is 2.89. The van der Waals surface area contributed by atoms with Crippen LogP contribution in [0.5, 0.6) is 0 Å². The zero-order valence-corrected chi connectivity index (χ0v) is 9.30. The summed E-state index contributed by atoms with van der Waals surface area (Å²) in [5.41, 5.74) is 2.56. The Hall–Kier alpha value is -2.60. The summed E-state index contributed by atoms with van der Waals surface area (Å²) >= 11 is 0. The van der Waals surface area contributed by atoms with Gasteiger partial charge < -0.3 is 4.57 Å². The van der Waals surface area contributed by atoms with E-state index in [-0.39, 0.29) is 0 Å². The van der Waals surface area contributed by atoms with Crippen molar-refractivity contribution in [3.63, 3.8) is 0 Å². The molecule has 0 saturated carbocycles. The second kappa shape index (κ2) is 4.50. The van der Waals surface area contributed by atoms with Crippen LogP contribution >= 0.6 is 0 Å². The van der Waals surface area contributed by atoms with Crippen LogP contribution in [0.15, 0.2) is 43.6 Å². The third-order valence-electron chi connectivity index (χ3n) is 2.50. The van der Waals surface area contributed by atoms with E-state index in [9.17, 15) is 0 Å². The number of imidazole rings is 1.